The van der Waals surface area contributed by atoms with Crippen molar-refractivity contribution in [3.8, 4) is 6.07 Å². The molecule has 2 aromatic carbocycles. The number of carbonyl (C=O) groups excluding carboxylic acids is 1. The van der Waals surface area contributed by atoms with Crippen LogP contribution >= 0.6 is 0 Å². The third-order valence-corrected chi connectivity index (χ3v) is 4.95. The average Bonchev–Trinajstić information content (AvgIpc) is 3.30. The lowest BCUT2D eigenvalue weighted by Crippen LogP contribution is -2.19. The van der Waals surface area contributed by atoms with E-state index in [2.05, 4.69) is 25.5 Å². The molecule has 0 spiro atoms. The van der Waals surface area contributed by atoms with Crippen molar-refractivity contribution in [2.45, 2.75) is 19.8 Å². The summed E-state index contributed by atoms with van der Waals surface area (Å²) in [5.74, 6) is 2.21. The van der Waals surface area contributed by atoms with Gasteiger partial charge in [0, 0.05) is 36.1 Å². The highest BCUT2D eigenvalue weighted by atomic mass is 16.1. The molecule has 1 aliphatic heterocycles. The number of benzene rings is 2. The largest absolute Gasteiger partial charge is 0.356 e. The third-order valence-electron chi connectivity index (χ3n) is 4.95. The van der Waals surface area contributed by atoms with Gasteiger partial charge in [0.25, 0.3) is 5.91 Å². The van der Waals surface area contributed by atoms with Crippen LogP contribution in [0, 0.1) is 18.3 Å². The van der Waals surface area contributed by atoms with Gasteiger partial charge in [-0.25, -0.2) is 9.97 Å². The normalized spacial score (nSPS) is 13.0. The highest BCUT2D eigenvalue weighted by Gasteiger charge is 2.15. The number of hydrogen-bond donors (Lipinski definition) is 2. The fourth-order valence-electron chi connectivity index (χ4n) is 3.41. The Bertz CT molecular complexity index is 1080. The summed E-state index contributed by atoms with van der Waals surface area (Å²) in [7, 11) is 0. The first-order chi connectivity index (χ1) is 14.6. The van der Waals surface area contributed by atoms with Crippen LogP contribution < -0.4 is 15.5 Å². The minimum absolute atomic E-state index is 0.220. The van der Waals surface area contributed by atoms with Crippen LogP contribution in [0.1, 0.15) is 34.6 Å². The van der Waals surface area contributed by atoms with Gasteiger partial charge in [0.1, 0.15) is 17.5 Å². The smallest absolute Gasteiger partial charge is 0.255 e. The van der Waals surface area contributed by atoms with Crippen LogP contribution in [0.3, 0.4) is 0 Å². The number of carbonyl (C=O) groups is 1. The molecule has 1 aromatic heterocycles. The summed E-state index contributed by atoms with van der Waals surface area (Å²) in [6.07, 6.45) is 2.39. The summed E-state index contributed by atoms with van der Waals surface area (Å²) in [6, 6.07) is 18.0. The van der Waals surface area contributed by atoms with Crippen molar-refractivity contribution in [2.75, 3.05) is 28.6 Å². The van der Waals surface area contributed by atoms with E-state index in [-0.39, 0.29) is 5.91 Å². The van der Waals surface area contributed by atoms with Crippen LogP contribution in [0.2, 0.25) is 0 Å². The summed E-state index contributed by atoms with van der Waals surface area (Å²) in [4.78, 5) is 23.7. The molecule has 0 bridgehead atoms. The van der Waals surface area contributed by atoms with E-state index in [4.69, 9.17) is 5.26 Å². The first kappa shape index (κ1) is 19.4. The van der Waals surface area contributed by atoms with Crippen LogP contribution in [0.5, 0.6) is 0 Å². The van der Waals surface area contributed by atoms with Crippen molar-refractivity contribution < 1.29 is 4.79 Å². The molecule has 4 rings (SSSR count). The maximum Gasteiger partial charge on any atom is 0.255 e. The average molecular weight is 398 g/mol. The molecule has 30 heavy (non-hydrogen) atoms. The number of hydrogen-bond acceptors (Lipinski definition) is 6. The van der Waals surface area contributed by atoms with E-state index in [1.807, 2.05) is 43.3 Å². The molecule has 0 unspecified atom stereocenters. The van der Waals surface area contributed by atoms with Crippen LogP contribution in [-0.4, -0.2) is 29.0 Å². The summed E-state index contributed by atoms with van der Waals surface area (Å²) >= 11 is 0. The summed E-state index contributed by atoms with van der Waals surface area (Å²) in [6.45, 7) is 3.96. The van der Waals surface area contributed by atoms with Gasteiger partial charge in [0.2, 0.25) is 0 Å². The molecule has 7 heteroatoms. The summed E-state index contributed by atoms with van der Waals surface area (Å²) in [5, 5.41) is 15.0. The molecule has 1 saturated heterocycles. The second kappa shape index (κ2) is 8.62. The molecule has 3 aromatic rings. The fourth-order valence-corrected chi connectivity index (χ4v) is 3.41. The molecule has 0 saturated carbocycles. The molecular formula is C23H22N6O. The van der Waals surface area contributed by atoms with Crippen molar-refractivity contribution in [2.24, 2.45) is 0 Å². The highest BCUT2D eigenvalue weighted by molar-refractivity contribution is 6.04. The second-order valence-corrected chi connectivity index (χ2v) is 7.20. The SMILES string of the molecule is Cc1nc(Nc2ccc(NC(=O)c3ccc(C#N)cc3)cc2)cc(N2CCCC2)n1. The van der Waals surface area contributed by atoms with Crippen molar-refractivity contribution in [3.63, 3.8) is 0 Å². The zero-order chi connectivity index (χ0) is 20.9. The molecule has 0 radical (unpaired) electrons. The van der Waals surface area contributed by atoms with Gasteiger partial charge in [0.15, 0.2) is 0 Å². The molecule has 7 nitrogen and oxygen atoms in total. The molecule has 1 aliphatic rings. The van der Waals surface area contributed by atoms with Gasteiger partial charge >= 0.3 is 0 Å². The van der Waals surface area contributed by atoms with Gasteiger partial charge in [-0.2, -0.15) is 5.26 Å². The van der Waals surface area contributed by atoms with E-state index < -0.39 is 0 Å². The van der Waals surface area contributed by atoms with Gasteiger partial charge in [-0.3, -0.25) is 4.79 Å². The van der Waals surface area contributed by atoms with Gasteiger partial charge in [-0.05, 0) is 68.3 Å². The fraction of sp³-hybridized carbons (Fsp3) is 0.217. The quantitative estimate of drug-likeness (QED) is 0.667. The molecule has 1 amide bonds. The van der Waals surface area contributed by atoms with E-state index in [0.717, 1.165) is 36.2 Å². The Balaban J connectivity index is 1.42. The first-order valence-electron chi connectivity index (χ1n) is 9.90. The Morgan fingerprint density at radius 3 is 2.33 bits per heavy atom. The number of aromatic nitrogens is 2. The number of rotatable bonds is 5. The number of nitriles is 1. The van der Waals surface area contributed by atoms with Crippen LogP contribution in [0.25, 0.3) is 0 Å². The predicted molar refractivity (Wildman–Crippen MR) is 117 cm³/mol. The molecule has 0 aliphatic carbocycles. The summed E-state index contributed by atoms with van der Waals surface area (Å²) < 4.78 is 0. The number of amides is 1. The zero-order valence-corrected chi connectivity index (χ0v) is 16.7. The van der Waals surface area contributed by atoms with Gasteiger partial charge in [-0.15, -0.1) is 0 Å². The topological polar surface area (TPSA) is 93.9 Å². The van der Waals surface area contributed by atoms with Crippen LogP contribution in [-0.2, 0) is 0 Å². The number of nitrogens with one attached hydrogen (secondary N) is 2. The third kappa shape index (κ3) is 4.55. The predicted octanol–water partition coefficient (Wildman–Crippen LogP) is 4.25. The number of aryl methyl sites for hydroxylation is 1. The Hall–Kier alpha value is -3.92. The minimum atomic E-state index is -0.220. The van der Waals surface area contributed by atoms with E-state index in [1.54, 1.807) is 24.3 Å². The van der Waals surface area contributed by atoms with Crippen molar-refractivity contribution in [3.05, 3.63) is 71.5 Å². The second-order valence-electron chi connectivity index (χ2n) is 7.20. The van der Waals surface area contributed by atoms with Crippen molar-refractivity contribution >= 4 is 28.9 Å². The van der Waals surface area contributed by atoms with Gasteiger partial charge in [-0.1, -0.05) is 0 Å². The maximum absolute atomic E-state index is 12.4. The lowest BCUT2D eigenvalue weighted by atomic mass is 10.1. The standard InChI is InChI=1S/C23H22N6O/c1-16-25-21(14-22(26-16)29-12-2-3-13-29)27-19-8-10-20(11-9-19)28-23(30)18-6-4-17(15-24)5-7-18/h4-11,14H,2-3,12-13H2,1H3,(H,28,30)(H,25,26,27). The van der Waals surface area contributed by atoms with E-state index >= 15 is 0 Å². The van der Waals surface area contributed by atoms with Gasteiger partial charge in [0.05, 0.1) is 11.6 Å². The van der Waals surface area contributed by atoms with Gasteiger partial charge < -0.3 is 15.5 Å². The number of anilines is 4. The monoisotopic (exact) mass is 398 g/mol. The number of nitrogens with zero attached hydrogens (tertiary/aromatic N) is 4. The lowest BCUT2D eigenvalue weighted by Gasteiger charge is -2.18. The molecule has 1 fully saturated rings. The highest BCUT2D eigenvalue weighted by Crippen LogP contribution is 2.23. The van der Waals surface area contributed by atoms with Crippen LogP contribution in [0.4, 0.5) is 23.0 Å². The molecular weight excluding hydrogens is 376 g/mol. The molecule has 0 atom stereocenters. The summed E-state index contributed by atoms with van der Waals surface area (Å²) in [5.41, 5.74) is 2.58. The Morgan fingerprint density at radius 1 is 1.00 bits per heavy atom. The zero-order valence-electron chi connectivity index (χ0n) is 16.7. The van der Waals surface area contributed by atoms with E-state index in [9.17, 15) is 4.79 Å². The Kier molecular flexibility index (Phi) is 5.57. The van der Waals surface area contributed by atoms with E-state index in [1.165, 1.54) is 12.8 Å². The maximum atomic E-state index is 12.4. The first-order valence-corrected chi connectivity index (χ1v) is 9.90. The van der Waals surface area contributed by atoms with Crippen molar-refractivity contribution in [1.29, 1.82) is 5.26 Å². The Labute approximate surface area is 175 Å². The Morgan fingerprint density at radius 2 is 1.67 bits per heavy atom. The minimum Gasteiger partial charge on any atom is -0.356 e. The van der Waals surface area contributed by atoms with Crippen molar-refractivity contribution in [1.82, 2.24) is 9.97 Å². The van der Waals surface area contributed by atoms with E-state index in [0.29, 0.717) is 16.8 Å². The molecule has 150 valence electrons. The van der Waals surface area contributed by atoms with Crippen LogP contribution in [0.15, 0.2) is 54.6 Å². The lowest BCUT2D eigenvalue weighted by molar-refractivity contribution is 0.102. The molecule has 2 N–H and O–H groups in total. The molecule has 2 heterocycles.